The highest BCUT2D eigenvalue weighted by atomic mass is 16.6. The molecule has 0 aromatic carbocycles. The SMILES string of the molecule is CO[C@@H]1[C@@H](CC2CCCC2)CCCC[C@H](CC(=O)OC(C)(C)C)C(=O)O[C@H]1C. The maximum absolute atomic E-state index is 12.8. The van der Waals surface area contributed by atoms with Crippen LogP contribution in [0.3, 0.4) is 0 Å². The molecule has 0 unspecified atom stereocenters. The van der Waals surface area contributed by atoms with Crippen molar-refractivity contribution in [2.24, 2.45) is 17.8 Å². The molecule has 0 amide bonds. The molecular formula is C23H40O5. The quantitative estimate of drug-likeness (QED) is 0.608. The average Bonchev–Trinajstić information content (AvgIpc) is 3.08. The first-order chi connectivity index (χ1) is 13.2. The number of ether oxygens (including phenoxy) is 3. The van der Waals surface area contributed by atoms with Crippen LogP contribution in [-0.2, 0) is 23.8 Å². The molecule has 5 heteroatoms. The van der Waals surface area contributed by atoms with Gasteiger partial charge in [-0.3, -0.25) is 9.59 Å². The fraction of sp³-hybridized carbons (Fsp3) is 0.913. The third kappa shape index (κ3) is 7.38. The standard InChI is InChI=1S/C23H40O5/c1-16-21(26-5)18(14-17-10-6-7-11-17)12-8-9-13-19(22(25)27-16)15-20(24)28-23(2,3)4/h16-19,21H,6-15H2,1-5H3/t16-,18+,19+,21-/m0/s1. The van der Waals surface area contributed by atoms with Gasteiger partial charge in [0, 0.05) is 7.11 Å². The number of hydrogen-bond donors (Lipinski definition) is 0. The molecule has 0 N–H and O–H groups in total. The van der Waals surface area contributed by atoms with Crippen LogP contribution < -0.4 is 0 Å². The monoisotopic (exact) mass is 396 g/mol. The van der Waals surface area contributed by atoms with Crippen molar-refractivity contribution >= 4 is 11.9 Å². The molecule has 1 saturated heterocycles. The number of carbonyl (C=O) groups excluding carboxylic acids is 2. The third-order valence-electron chi connectivity index (χ3n) is 6.16. The van der Waals surface area contributed by atoms with Crippen molar-refractivity contribution < 1.29 is 23.8 Å². The van der Waals surface area contributed by atoms with Crippen LogP contribution in [-0.4, -0.2) is 36.9 Å². The van der Waals surface area contributed by atoms with Gasteiger partial charge < -0.3 is 14.2 Å². The number of hydrogen-bond acceptors (Lipinski definition) is 5. The molecule has 0 bridgehead atoms. The van der Waals surface area contributed by atoms with Crippen LogP contribution in [0, 0.1) is 17.8 Å². The van der Waals surface area contributed by atoms with Crippen molar-refractivity contribution in [2.45, 2.75) is 110 Å². The van der Waals surface area contributed by atoms with Gasteiger partial charge in [-0.1, -0.05) is 38.5 Å². The van der Waals surface area contributed by atoms with E-state index in [0.717, 1.165) is 25.2 Å². The Labute approximate surface area is 170 Å². The van der Waals surface area contributed by atoms with E-state index in [0.29, 0.717) is 12.3 Å². The fourth-order valence-corrected chi connectivity index (χ4v) is 4.89. The van der Waals surface area contributed by atoms with Crippen molar-refractivity contribution in [1.29, 1.82) is 0 Å². The molecule has 162 valence electrons. The molecule has 1 saturated carbocycles. The normalized spacial score (nSPS) is 30.7. The maximum atomic E-state index is 12.8. The van der Waals surface area contributed by atoms with Gasteiger partial charge in [0.15, 0.2) is 0 Å². The van der Waals surface area contributed by atoms with Gasteiger partial charge in [-0.25, -0.2) is 0 Å². The zero-order valence-electron chi connectivity index (χ0n) is 18.5. The van der Waals surface area contributed by atoms with E-state index in [1.54, 1.807) is 7.11 Å². The first-order valence-electron chi connectivity index (χ1n) is 11.1. The van der Waals surface area contributed by atoms with Gasteiger partial charge in [0.2, 0.25) is 0 Å². The molecule has 0 radical (unpaired) electrons. The molecule has 2 rings (SSSR count). The summed E-state index contributed by atoms with van der Waals surface area (Å²) in [5, 5.41) is 0. The topological polar surface area (TPSA) is 61.8 Å². The minimum atomic E-state index is -0.543. The molecule has 5 nitrogen and oxygen atoms in total. The molecule has 2 fully saturated rings. The lowest BCUT2D eigenvalue weighted by molar-refractivity contribution is -0.169. The van der Waals surface area contributed by atoms with Crippen LogP contribution in [0.25, 0.3) is 0 Å². The van der Waals surface area contributed by atoms with E-state index in [1.165, 1.54) is 32.1 Å². The fourth-order valence-electron chi connectivity index (χ4n) is 4.89. The number of esters is 2. The second kappa shape index (κ2) is 10.6. The Morgan fingerprint density at radius 1 is 1.07 bits per heavy atom. The Kier molecular flexibility index (Phi) is 8.79. The van der Waals surface area contributed by atoms with Crippen LogP contribution in [0.1, 0.15) is 91.9 Å². The second-order valence-electron chi connectivity index (χ2n) is 9.76. The first-order valence-corrected chi connectivity index (χ1v) is 11.1. The van der Waals surface area contributed by atoms with Gasteiger partial charge in [0.1, 0.15) is 11.7 Å². The van der Waals surface area contributed by atoms with Gasteiger partial charge in [-0.05, 0) is 58.8 Å². The minimum absolute atomic E-state index is 0.0789. The van der Waals surface area contributed by atoms with E-state index in [2.05, 4.69) is 0 Å². The number of rotatable bonds is 5. The van der Waals surface area contributed by atoms with Crippen LogP contribution in [0.2, 0.25) is 0 Å². The number of carbonyl (C=O) groups is 2. The molecule has 0 aromatic heterocycles. The molecule has 0 aromatic rings. The summed E-state index contributed by atoms with van der Waals surface area (Å²) in [6, 6.07) is 0. The third-order valence-corrected chi connectivity index (χ3v) is 6.16. The highest BCUT2D eigenvalue weighted by Gasteiger charge is 2.35. The molecular weight excluding hydrogens is 356 g/mol. The van der Waals surface area contributed by atoms with E-state index in [9.17, 15) is 9.59 Å². The number of methoxy groups -OCH3 is 1. The van der Waals surface area contributed by atoms with Crippen LogP contribution in [0.15, 0.2) is 0 Å². The maximum Gasteiger partial charge on any atom is 0.309 e. The van der Waals surface area contributed by atoms with Gasteiger partial charge in [0.05, 0.1) is 18.4 Å². The van der Waals surface area contributed by atoms with E-state index in [4.69, 9.17) is 14.2 Å². The van der Waals surface area contributed by atoms with Crippen molar-refractivity contribution in [3.63, 3.8) is 0 Å². The van der Waals surface area contributed by atoms with E-state index in [1.807, 2.05) is 27.7 Å². The van der Waals surface area contributed by atoms with E-state index < -0.39 is 11.5 Å². The summed E-state index contributed by atoms with van der Waals surface area (Å²) in [6.45, 7) is 7.45. The first kappa shape index (κ1) is 23.2. The lowest BCUT2D eigenvalue weighted by Gasteiger charge is -2.34. The predicted molar refractivity (Wildman–Crippen MR) is 109 cm³/mol. The zero-order valence-corrected chi connectivity index (χ0v) is 18.5. The molecule has 0 spiro atoms. The smallest absolute Gasteiger partial charge is 0.309 e. The van der Waals surface area contributed by atoms with Gasteiger partial charge in [-0.2, -0.15) is 0 Å². The Hall–Kier alpha value is -1.10. The number of cyclic esters (lactones) is 1. The van der Waals surface area contributed by atoms with Crippen LogP contribution >= 0.6 is 0 Å². The summed E-state index contributed by atoms with van der Waals surface area (Å²) in [5.41, 5.74) is -0.543. The molecule has 28 heavy (non-hydrogen) atoms. The lowest BCUT2D eigenvalue weighted by Crippen LogP contribution is -2.40. The predicted octanol–water partition coefficient (Wildman–Crippen LogP) is 5.05. The summed E-state index contributed by atoms with van der Waals surface area (Å²) in [4.78, 5) is 25.0. The van der Waals surface area contributed by atoms with Crippen LogP contribution in [0.5, 0.6) is 0 Å². The second-order valence-corrected chi connectivity index (χ2v) is 9.76. The highest BCUT2D eigenvalue weighted by Crippen LogP contribution is 2.36. The lowest BCUT2D eigenvalue weighted by atomic mass is 9.82. The van der Waals surface area contributed by atoms with Crippen molar-refractivity contribution in [3.8, 4) is 0 Å². The minimum Gasteiger partial charge on any atom is -0.460 e. The Bertz CT molecular complexity index is 504. The van der Waals surface area contributed by atoms with E-state index in [-0.39, 0.29) is 30.6 Å². The van der Waals surface area contributed by atoms with Crippen molar-refractivity contribution in [2.75, 3.05) is 7.11 Å². The molecule has 1 aliphatic heterocycles. The van der Waals surface area contributed by atoms with Crippen molar-refractivity contribution in [3.05, 3.63) is 0 Å². The van der Waals surface area contributed by atoms with Crippen LogP contribution in [0.4, 0.5) is 0 Å². The Morgan fingerprint density at radius 3 is 2.29 bits per heavy atom. The largest absolute Gasteiger partial charge is 0.460 e. The summed E-state index contributed by atoms with van der Waals surface area (Å²) >= 11 is 0. The summed E-state index contributed by atoms with van der Waals surface area (Å²) in [6.07, 6.45) is 9.95. The molecule has 2 aliphatic rings. The summed E-state index contributed by atoms with van der Waals surface area (Å²) in [5.74, 6) is 0.163. The van der Waals surface area contributed by atoms with Gasteiger partial charge in [0.25, 0.3) is 0 Å². The summed E-state index contributed by atoms with van der Waals surface area (Å²) in [7, 11) is 1.72. The Balaban J connectivity index is 2.00. The molecule has 1 aliphatic carbocycles. The summed E-state index contributed by atoms with van der Waals surface area (Å²) < 4.78 is 17.0. The zero-order chi connectivity index (χ0) is 20.7. The average molecular weight is 397 g/mol. The molecule has 4 atom stereocenters. The van der Waals surface area contributed by atoms with Crippen molar-refractivity contribution in [1.82, 2.24) is 0 Å². The van der Waals surface area contributed by atoms with E-state index >= 15 is 0 Å². The van der Waals surface area contributed by atoms with Gasteiger partial charge in [-0.15, -0.1) is 0 Å². The highest BCUT2D eigenvalue weighted by molar-refractivity contribution is 5.80. The Morgan fingerprint density at radius 2 is 1.68 bits per heavy atom. The van der Waals surface area contributed by atoms with Gasteiger partial charge >= 0.3 is 11.9 Å². The molecule has 1 heterocycles.